The number of rotatable bonds is 5. The van der Waals surface area contributed by atoms with Crippen molar-refractivity contribution >= 4 is 21.9 Å². The van der Waals surface area contributed by atoms with Gasteiger partial charge >= 0.3 is 5.97 Å². The van der Waals surface area contributed by atoms with Crippen LogP contribution in [0.15, 0.2) is 28.7 Å². The van der Waals surface area contributed by atoms with Crippen molar-refractivity contribution in [3.8, 4) is 5.75 Å². The summed E-state index contributed by atoms with van der Waals surface area (Å²) in [5, 5.41) is 8.57. The summed E-state index contributed by atoms with van der Waals surface area (Å²) in [7, 11) is 0. The van der Waals surface area contributed by atoms with Gasteiger partial charge in [-0.3, -0.25) is 4.79 Å². The lowest BCUT2D eigenvalue weighted by Crippen LogP contribution is -2.13. The van der Waals surface area contributed by atoms with E-state index in [1.54, 1.807) is 0 Å². The summed E-state index contributed by atoms with van der Waals surface area (Å²) in [4.78, 5) is 10.4. The molecule has 0 aliphatic carbocycles. The van der Waals surface area contributed by atoms with E-state index in [0.29, 0.717) is 6.61 Å². The van der Waals surface area contributed by atoms with Crippen molar-refractivity contribution in [2.75, 3.05) is 6.61 Å². The average Bonchev–Trinajstić information content (AvgIpc) is 2.15. The minimum absolute atomic E-state index is 0.00889. The fourth-order valence-electron chi connectivity index (χ4n) is 1.15. The summed E-state index contributed by atoms with van der Waals surface area (Å²) in [5.41, 5.74) is 0. The van der Waals surface area contributed by atoms with Crippen LogP contribution in [0.2, 0.25) is 0 Å². The fraction of sp³-hybridized carbons (Fsp3) is 0.364. The van der Waals surface area contributed by atoms with Crippen LogP contribution in [0.3, 0.4) is 0 Å². The van der Waals surface area contributed by atoms with Crippen molar-refractivity contribution in [1.82, 2.24) is 0 Å². The van der Waals surface area contributed by atoms with Crippen molar-refractivity contribution in [2.24, 2.45) is 5.92 Å². The van der Waals surface area contributed by atoms with E-state index in [4.69, 9.17) is 9.84 Å². The van der Waals surface area contributed by atoms with Crippen molar-refractivity contribution in [3.63, 3.8) is 0 Å². The van der Waals surface area contributed by atoms with E-state index in [2.05, 4.69) is 15.9 Å². The van der Waals surface area contributed by atoms with Crippen LogP contribution in [-0.4, -0.2) is 17.7 Å². The maximum atomic E-state index is 10.4. The molecule has 0 heterocycles. The number of carboxylic acids is 1. The number of hydrogen-bond acceptors (Lipinski definition) is 2. The van der Waals surface area contributed by atoms with E-state index in [-0.39, 0.29) is 12.3 Å². The van der Waals surface area contributed by atoms with E-state index >= 15 is 0 Å². The smallest absolute Gasteiger partial charge is 0.303 e. The summed E-state index contributed by atoms with van der Waals surface area (Å²) in [6.07, 6.45) is 0.129. The molecule has 0 bridgehead atoms. The Labute approximate surface area is 97.2 Å². The molecule has 0 spiro atoms. The van der Waals surface area contributed by atoms with Crippen LogP contribution >= 0.6 is 15.9 Å². The highest BCUT2D eigenvalue weighted by Crippen LogP contribution is 2.24. The molecule has 0 saturated heterocycles. The van der Waals surface area contributed by atoms with Gasteiger partial charge < -0.3 is 9.84 Å². The van der Waals surface area contributed by atoms with Gasteiger partial charge in [0.2, 0.25) is 0 Å². The molecule has 0 amide bonds. The Kier molecular flexibility index (Phi) is 4.62. The van der Waals surface area contributed by atoms with Crippen molar-refractivity contribution in [1.29, 1.82) is 0 Å². The van der Waals surface area contributed by atoms with Crippen LogP contribution in [0.25, 0.3) is 0 Å². The second-order valence-corrected chi connectivity index (χ2v) is 4.30. The van der Waals surface area contributed by atoms with Gasteiger partial charge in [0, 0.05) is 5.92 Å². The fourth-order valence-corrected chi connectivity index (χ4v) is 1.55. The highest BCUT2D eigenvalue weighted by molar-refractivity contribution is 9.10. The topological polar surface area (TPSA) is 46.5 Å². The normalized spacial score (nSPS) is 12.1. The maximum Gasteiger partial charge on any atom is 0.303 e. The second kappa shape index (κ2) is 5.75. The zero-order chi connectivity index (χ0) is 11.3. The Morgan fingerprint density at radius 1 is 1.53 bits per heavy atom. The minimum atomic E-state index is -0.793. The molecular formula is C11H13BrO3. The molecule has 0 radical (unpaired) electrons. The molecule has 0 aliphatic heterocycles. The Morgan fingerprint density at radius 2 is 2.20 bits per heavy atom. The Morgan fingerprint density at radius 3 is 2.80 bits per heavy atom. The summed E-state index contributed by atoms with van der Waals surface area (Å²) in [6, 6.07) is 7.51. The SMILES string of the molecule is CC(COc1ccccc1Br)CC(=O)O. The molecule has 1 N–H and O–H groups in total. The van der Waals surface area contributed by atoms with Gasteiger partial charge in [-0.05, 0) is 28.1 Å². The van der Waals surface area contributed by atoms with Gasteiger partial charge in [0.05, 0.1) is 17.5 Å². The summed E-state index contributed by atoms with van der Waals surface area (Å²) >= 11 is 3.36. The first kappa shape index (κ1) is 12.0. The lowest BCUT2D eigenvalue weighted by molar-refractivity contribution is -0.138. The predicted molar refractivity (Wildman–Crippen MR) is 61.1 cm³/mol. The first-order valence-electron chi connectivity index (χ1n) is 4.68. The lowest BCUT2D eigenvalue weighted by Gasteiger charge is -2.11. The number of ether oxygens (including phenoxy) is 1. The molecule has 1 aromatic rings. The lowest BCUT2D eigenvalue weighted by atomic mass is 10.1. The summed E-state index contributed by atoms with van der Waals surface area (Å²) in [5.74, 6) is -0.0393. The Hall–Kier alpha value is -1.03. The van der Waals surface area contributed by atoms with Crippen molar-refractivity contribution < 1.29 is 14.6 Å². The molecule has 1 aromatic carbocycles. The first-order valence-corrected chi connectivity index (χ1v) is 5.48. The highest BCUT2D eigenvalue weighted by atomic mass is 79.9. The van der Waals surface area contributed by atoms with Gasteiger partial charge in [-0.1, -0.05) is 19.1 Å². The number of halogens is 1. The molecule has 1 unspecified atom stereocenters. The second-order valence-electron chi connectivity index (χ2n) is 3.44. The number of hydrogen-bond donors (Lipinski definition) is 1. The number of carbonyl (C=O) groups is 1. The van der Waals surface area contributed by atoms with Crippen LogP contribution < -0.4 is 4.74 Å². The zero-order valence-corrected chi connectivity index (χ0v) is 10.0. The van der Waals surface area contributed by atoms with Gasteiger partial charge in [-0.25, -0.2) is 0 Å². The van der Waals surface area contributed by atoms with Gasteiger partial charge in [0.25, 0.3) is 0 Å². The van der Waals surface area contributed by atoms with Crippen LogP contribution in [0.5, 0.6) is 5.75 Å². The molecular weight excluding hydrogens is 260 g/mol. The van der Waals surface area contributed by atoms with Crippen LogP contribution in [-0.2, 0) is 4.79 Å². The summed E-state index contributed by atoms with van der Waals surface area (Å²) in [6.45, 7) is 2.26. The maximum absolute atomic E-state index is 10.4. The molecule has 0 saturated carbocycles. The van der Waals surface area contributed by atoms with Crippen molar-refractivity contribution in [3.05, 3.63) is 28.7 Å². The molecule has 1 rings (SSSR count). The quantitative estimate of drug-likeness (QED) is 0.897. The van der Waals surface area contributed by atoms with Gasteiger partial charge in [0.15, 0.2) is 0 Å². The molecule has 0 aliphatic rings. The zero-order valence-electron chi connectivity index (χ0n) is 8.44. The van der Waals surface area contributed by atoms with E-state index in [9.17, 15) is 4.79 Å². The number of para-hydroxylation sites is 1. The molecule has 4 heteroatoms. The van der Waals surface area contributed by atoms with Gasteiger partial charge in [0.1, 0.15) is 5.75 Å². The monoisotopic (exact) mass is 272 g/mol. The van der Waals surface area contributed by atoms with Gasteiger partial charge in [-0.15, -0.1) is 0 Å². The third kappa shape index (κ3) is 4.34. The molecule has 0 aromatic heterocycles. The van der Waals surface area contributed by atoms with Crippen molar-refractivity contribution in [2.45, 2.75) is 13.3 Å². The standard InChI is InChI=1S/C11H13BrO3/c1-8(6-11(13)14)7-15-10-5-3-2-4-9(10)12/h2-5,8H,6-7H2,1H3,(H,13,14). The largest absolute Gasteiger partial charge is 0.492 e. The first-order chi connectivity index (χ1) is 7.09. The average molecular weight is 273 g/mol. The molecule has 1 atom stereocenters. The molecule has 15 heavy (non-hydrogen) atoms. The predicted octanol–water partition coefficient (Wildman–Crippen LogP) is 2.94. The molecule has 82 valence electrons. The third-order valence-corrected chi connectivity index (χ3v) is 2.54. The Balaban J connectivity index is 2.43. The number of benzene rings is 1. The van der Waals surface area contributed by atoms with Crippen LogP contribution in [0.4, 0.5) is 0 Å². The molecule has 3 nitrogen and oxygen atoms in total. The van der Waals surface area contributed by atoms with Crippen LogP contribution in [0, 0.1) is 5.92 Å². The minimum Gasteiger partial charge on any atom is -0.492 e. The number of carboxylic acid groups (broad SMARTS) is 1. The molecule has 0 fully saturated rings. The third-order valence-electron chi connectivity index (χ3n) is 1.88. The Bertz CT molecular complexity index is 338. The summed E-state index contributed by atoms with van der Waals surface area (Å²) < 4.78 is 6.37. The number of aliphatic carboxylic acids is 1. The van der Waals surface area contributed by atoms with E-state index in [1.165, 1.54) is 0 Å². The highest BCUT2D eigenvalue weighted by Gasteiger charge is 2.09. The van der Waals surface area contributed by atoms with Gasteiger partial charge in [-0.2, -0.15) is 0 Å². The van der Waals surface area contributed by atoms with E-state index in [1.807, 2.05) is 31.2 Å². The van der Waals surface area contributed by atoms with E-state index < -0.39 is 5.97 Å². The van der Waals surface area contributed by atoms with Crippen LogP contribution in [0.1, 0.15) is 13.3 Å². The van der Waals surface area contributed by atoms with E-state index in [0.717, 1.165) is 10.2 Å².